The second-order valence-corrected chi connectivity index (χ2v) is 6.00. The van der Waals surface area contributed by atoms with Gasteiger partial charge in [0.15, 0.2) is 0 Å². The minimum Gasteiger partial charge on any atom is -0.476 e. The molecular weight excluding hydrogens is 312 g/mol. The molecule has 0 atom stereocenters. The fraction of sp³-hybridized carbons (Fsp3) is 0.150. The van der Waals surface area contributed by atoms with Gasteiger partial charge in [-0.15, -0.1) is 0 Å². The smallest absolute Gasteiger partial charge is 0.242 e. The maximum absolute atomic E-state index is 5.80. The number of benzene rings is 1. The van der Waals surface area contributed by atoms with Gasteiger partial charge >= 0.3 is 0 Å². The number of hydrogen-bond donors (Lipinski definition) is 0. The molecule has 0 aliphatic heterocycles. The number of aromatic nitrogens is 4. The highest BCUT2D eigenvalue weighted by atomic mass is 16.5. The van der Waals surface area contributed by atoms with Crippen LogP contribution in [0.5, 0.6) is 5.88 Å². The van der Waals surface area contributed by atoms with Gasteiger partial charge in [0.2, 0.25) is 5.88 Å². The normalized spacial score (nSPS) is 12.8. The lowest BCUT2D eigenvalue weighted by atomic mass is 10.2. The van der Waals surface area contributed by atoms with Crippen molar-refractivity contribution in [1.82, 2.24) is 19.5 Å². The van der Waals surface area contributed by atoms with E-state index in [0.29, 0.717) is 12.5 Å². The quantitative estimate of drug-likeness (QED) is 0.572. The summed E-state index contributed by atoms with van der Waals surface area (Å²) in [5, 5.41) is 1.08. The van der Waals surface area contributed by atoms with E-state index in [-0.39, 0.29) is 0 Å². The van der Waals surface area contributed by atoms with Crippen LogP contribution in [0.4, 0.5) is 0 Å². The summed E-state index contributed by atoms with van der Waals surface area (Å²) in [6.45, 7) is 2.52. The van der Waals surface area contributed by atoms with Gasteiger partial charge in [-0.05, 0) is 24.6 Å². The molecule has 4 aromatic rings. The Morgan fingerprint density at radius 3 is 3.00 bits per heavy atom. The fourth-order valence-electron chi connectivity index (χ4n) is 3.49. The minimum absolute atomic E-state index is 0.554. The monoisotopic (exact) mass is 328 g/mol. The summed E-state index contributed by atoms with van der Waals surface area (Å²) < 4.78 is 7.95. The highest BCUT2D eigenvalue weighted by Gasteiger charge is 2.19. The van der Waals surface area contributed by atoms with Gasteiger partial charge in [-0.25, -0.2) is 4.98 Å². The molecule has 3 aromatic heterocycles. The molecule has 0 radical (unpaired) electrons. The lowest BCUT2D eigenvalue weighted by Crippen LogP contribution is -2.02. The molecule has 0 saturated heterocycles. The SMILES string of the molecule is CCOc1ncnc2c3ccccc3n(-c3cnc4c(c3)C=CC4)c12. The van der Waals surface area contributed by atoms with Crippen molar-refractivity contribution in [3.05, 3.63) is 60.2 Å². The molecular formula is C20H16N4O. The summed E-state index contributed by atoms with van der Waals surface area (Å²) in [6, 6.07) is 10.4. The second-order valence-electron chi connectivity index (χ2n) is 6.00. The fourth-order valence-corrected chi connectivity index (χ4v) is 3.49. The van der Waals surface area contributed by atoms with Crippen molar-refractivity contribution in [3.8, 4) is 11.6 Å². The van der Waals surface area contributed by atoms with Crippen molar-refractivity contribution in [2.75, 3.05) is 6.61 Å². The largest absolute Gasteiger partial charge is 0.476 e. The first-order valence-electron chi connectivity index (χ1n) is 8.39. The van der Waals surface area contributed by atoms with E-state index in [1.54, 1.807) is 6.33 Å². The topological polar surface area (TPSA) is 52.8 Å². The average Bonchev–Trinajstić information content (AvgIpc) is 3.24. The third-order valence-corrected chi connectivity index (χ3v) is 4.55. The van der Waals surface area contributed by atoms with Gasteiger partial charge in [0.1, 0.15) is 17.4 Å². The number of rotatable bonds is 3. The predicted molar refractivity (Wildman–Crippen MR) is 98.1 cm³/mol. The number of nitrogens with zero attached hydrogens (tertiary/aromatic N) is 4. The maximum atomic E-state index is 5.80. The van der Waals surface area contributed by atoms with E-state index in [4.69, 9.17) is 4.74 Å². The first-order valence-corrected chi connectivity index (χ1v) is 8.39. The lowest BCUT2D eigenvalue weighted by molar-refractivity contribution is 0.330. The Bertz CT molecular complexity index is 1140. The Balaban J connectivity index is 1.90. The van der Waals surface area contributed by atoms with Gasteiger partial charge < -0.3 is 9.30 Å². The third-order valence-electron chi connectivity index (χ3n) is 4.55. The molecule has 1 aromatic carbocycles. The van der Waals surface area contributed by atoms with Gasteiger partial charge in [0, 0.05) is 11.8 Å². The van der Waals surface area contributed by atoms with Crippen LogP contribution in [-0.4, -0.2) is 26.1 Å². The second kappa shape index (κ2) is 5.41. The maximum Gasteiger partial charge on any atom is 0.242 e. The van der Waals surface area contributed by atoms with Crippen molar-refractivity contribution in [2.45, 2.75) is 13.3 Å². The average molecular weight is 328 g/mol. The zero-order valence-corrected chi connectivity index (χ0v) is 13.8. The molecule has 5 rings (SSSR count). The van der Waals surface area contributed by atoms with Crippen molar-refractivity contribution in [2.24, 2.45) is 0 Å². The standard InChI is InChI=1S/C20H16N4O/c1-2-25-20-19-18(22-12-23-20)15-7-3-4-9-17(15)24(19)14-10-13-6-5-8-16(13)21-11-14/h3-7,9-12H,2,8H2,1H3. The Morgan fingerprint density at radius 2 is 2.08 bits per heavy atom. The van der Waals surface area contributed by atoms with E-state index in [9.17, 15) is 0 Å². The lowest BCUT2D eigenvalue weighted by Gasteiger charge is -2.11. The number of hydrogen-bond acceptors (Lipinski definition) is 4. The van der Waals surface area contributed by atoms with E-state index in [2.05, 4.69) is 49.9 Å². The molecule has 0 N–H and O–H groups in total. The summed E-state index contributed by atoms with van der Waals surface area (Å²) in [7, 11) is 0. The molecule has 25 heavy (non-hydrogen) atoms. The molecule has 0 amide bonds. The van der Waals surface area contributed by atoms with Crippen molar-refractivity contribution >= 4 is 28.0 Å². The zero-order valence-electron chi connectivity index (χ0n) is 13.8. The number of allylic oxidation sites excluding steroid dienone is 1. The van der Waals surface area contributed by atoms with Gasteiger partial charge in [0.05, 0.1) is 29.7 Å². The molecule has 122 valence electrons. The summed E-state index contributed by atoms with van der Waals surface area (Å²) in [6.07, 6.45) is 8.64. The Kier molecular flexibility index (Phi) is 3.06. The minimum atomic E-state index is 0.554. The number of pyridine rings is 1. The van der Waals surface area contributed by atoms with Crippen LogP contribution >= 0.6 is 0 Å². The summed E-state index contributed by atoms with van der Waals surface area (Å²) in [4.78, 5) is 13.5. The molecule has 0 bridgehead atoms. The number of ether oxygens (including phenoxy) is 1. The first-order chi connectivity index (χ1) is 12.4. The molecule has 5 heteroatoms. The van der Waals surface area contributed by atoms with E-state index in [1.807, 2.05) is 25.3 Å². The molecule has 3 heterocycles. The molecule has 0 unspecified atom stereocenters. The third kappa shape index (κ3) is 2.05. The molecule has 0 fully saturated rings. The van der Waals surface area contributed by atoms with E-state index >= 15 is 0 Å². The van der Waals surface area contributed by atoms with Crippen LogP contribution in [-0.2, 0) is 6.42 Å². The summed E-state index contributed by atoms with van der Waals surface area (Å²) >= 11 is 0. The van der Waals surface area contributed by atoms with Gasteiger partial charge in [-0.2, -0.15) is 4.98 Å². The van der Waals surface area contributed by atoms with Crippen LogP contribution < -0.4 is 4.74 Å². The molecule has 0 saturated carbocycles. The van der Waals surface area contributed by atoms with Crippen LogP contribution in [0.2, 0.25) is 0 Å². The highest BCUT2D eigenvalue weighted by molar-refractivity contribution is 6.08. The summed E-state index contributed by atoms with van der Waals surface area (Å²) in [5.74, 6) is 0.597. The van der Waals surface area contributed by atoms with Gasteiger partial charge in [0.25, 0.3) is 0 Å². The van der Waals surface area contributed by atoms with Gasteiger partial charge in [-0.3, -0.25) is 4.98 Å². The van der Waals surface area contributed by atoms with E-state index in [1.165, 1.54) is 5.56 Å². The first kappa shape index (κ1) is 14.2. The van der Waals surface area contributed by atoms with Crippen LogP contribution in [0.3, 0.4) is 0 Å². The number of fused-ring (bicyclic) bond motifs is 4. The van der Waals surface area contributed by atoms with Crippen molar-refractivity contribution in [1.29, 1.82) is 0 Å². The van der Waals surface area contributed by atoms with Crippen molar-refractivity contribution < 1.29 is 4.74 Å². The Morgan fingerprint density at radius 1 is 1.16 bits per heavy atom. The van der Waals surface area contributed by atoms with Crippen molar-refractivity contribution in [3.63, 3.8) is 0 Å². The molecule has 1 aliphatic rings. The molecule has 1 aliphatic carbocycles. The summed E-state index contributed by atoms with van der Waals surface area (Å²) in [5.41, 5.74) is 6.12. The highest BCUT2D eigenvalue weighted by Crippen LogP contribution is 2.35. The molecule has 0 spiro atoms. The Labute approximate surface area is 144 Å². The van der Waals surface area contributed by atoms with Crippen LogP contribution in [0.1, 0.15) is 18.2 Å². The predicted octanol–water partition coefficient (Wildman–Crippen LogP) is 3.94. The van der Waals surface area contributed by atoms with E-state index in [0.717, 1.165) is 39.7 Å². The number of para-hydroxylation sites is 1. The molecule has 5 nitrogen and oxygen atoms in total. The van der Waals surface area contributed by atoms with Crippen LogP contribution in [0.15, 0.2) is 48.9 Å². The van der Waals surface area contributed by atoms with E-state index < -0.39 is 0 Å². The van der Waals surface area contributed by atoms with Crippen LogP contribution in [0, 0.1) is 0 Å². The Hall–Kier alpha value is -3.21. The van der Waals surface area contributed by atoms with Crippen LogP contribution in [0.25, 0.3) is 33.7 Å². The van der Waals surface area contributed by atoms with Gasteiger partial charge in [-0.1, -0.05) is 30.4 Å². The zero-order chi connectivity index (χ0) is 16.8.